The molecule has 64 heavy (non-hydrogen) atoms. The predicted molar refractivity (Wildman–Crippen MR) is 233 cm³/mol. The highest BCUT2D eigenvalue weighted by Gasteiger charge is 2.40. The van der Waals surface area contributed by atoms with Crippen LogP contribution in [0.1, 0.15) is 11.1 Å². The van der Waals surface area contributed by atoms with Crippen LogP contribution in [0.2, 0.25) is 10.6 Å². The molecular formula is C38H41Cl2F3N12O7S2. The summed E-state index contributed by atoms with van der Waals surface area (Å²) in [6, 6.07) is 3.89. The van der Waals surface area contributed by atoms with E-state index in [1.807, 2.05) is 21.9 Å². The van der Waals surface area contributed by atoms with E-state index in [2.05, 4.69) is 44.1 Å². The van der Waals surface area contributed by atoms with Gasteiger partial charge in [0.15, 0.2) is 22.8 Å². The van der Waals surface area contributed by atoms with Gasteiger partial charge in [-0.15, -0.1) is 0 Å². The summed E-state index contributed by atoms with van der Waals surface area (Å²) in [7, 11) is -5.63. The maximum absolute atomic E-state index is 12.6. The maximum atomic E-state index is 12.6. The summed E-state index contributed by atoms with van der Waals surface area (Å²) in [4.78, 5) is 45.8. The van der Waals surface area contributed by atoms with Crippen molar-refractivity contribution in [2.75, 3.05) is 112 Å². The lowest BCUT2D eigenvalue weighted by Crippen LogP contribution is -2.40. The largest absolute Gasteiger partial charge is 0.474 e. The summed E-state index contributed by atoms with van der Waals surface area (Å²) < 4.78 is 95.4. The van der Waals surface area contributed by atoms with Crippen molar-refractivity contribution in [2.45, 2.75) is 19.3 Å². The van der Waals surface area contributed by atoms with Crippen molar-refractivity contribution >= 4 is 105 Å². The number of anilines is 2. The van der Waals surface area contributed by atoms with Crippen LogP contribution in [0.5, 0.6) is 0 Å². The normalized spacial score (nSPS) is 19.9. The predicted octanol–water partition coefficient (Wildman–Crippen LogP) is 4.76. The fraction of sp³-hybridized carbons (Fsp3) is 0.500. The number of hydrogen-bond donors (Lipinski definition) is 1. The van der Waals surface area contributed by atoms with Gasteiger partial charge in [-0.2, -0.15) is 27.5 Å². The Bertz CT molecular complexity index is 2960. The number of rotatable bonds is 6. The Morgan fingerprint density at radius 3 is 1.53 bits per heavy atom. The third-order valence-electron chi connectivity index (χ3n) is 11.2. The first-order valence-electron chi connectivity index (χ1n) is 20.3. The Kier molecular flexibility index (Phi) is 12.6. The molecular weight excluding hydrogens is 929 g/mol. The van der Waals surface area contributed by atoms with Gasteiger partial charge in [0, 0.05) is 111 Å². The monoisotopic (exact) mass is 968 g/mol. The molecule has 19 nitrogen and oxygen atoms in total. The van der Waals surface area contributed by atoms with E-state index in [-0.39, 0.29) is 35.2 Å². The number of aromatic nitrogens is 6. The number of hydrogen-bond acceptors (Lipinski definition) is 18. The lowest BCUT2D eigenvalue weighted by atomic mass is 10.2. The fourth-order valence-electron chi connectivity index (χ4n) is 7.87. The highest BCUT2D eigenvalue weighted by molar-refractivity contribution is 7.94. The van der Waals surface area contributed by atoms with Gasteiger partial charge in [-0.25, -0.2) is 28.4 Å². The molecule has 0 bridgehead atoms. The number of fused-ring (bicyclic) bond motifs is 6. The lowest BCUT2D eigenvalue weighted by molar-refractivity contribution is -0.169. The summed E-state index contributed by atoms with van der Waals surface area (Å²) in [6.07, 6.45) is -1.69. The zero-order chi connectivity index (χ0) is 44.8. The number of carbonyl (C=O) groups excluding carboxylic acids is 1. The van der Waals surface area contributed by atoms with Gasteiger partial charge in [-0.05, 0) is 46.5 Å². The number of halogens is 5. The smallest absolute Gasteiger partial charge is 0.432 e. The van der Waals surface area contributed by atoms with E-state index in [1.165, 1.54) is 0 Å². The molecule has 10 heterocycles. The van der Waals surface area contributed by atoms with Gasteiger partial charge >= 0.3 is 12.1 Å². The number of alkyl halides is 3. The molecule has 0 atom stereocenters. The standard InChI is InChI=1S/C20H20ClF3N6O4S.C18H21ClN6O3S/c21-19-26-14-13-9-12(11-29-3-7-35(32,8-4-29)28-18(31)20(22,23)24)10-25-17(13)34-15(14)16(27-19)30-1-5-33-6-2-30;19-18-22-14-13-9-12(11-24-3-7-29(20,26)8-4-24)10-21-17(13)28-15(14)16(23-18)25-1-5-27-6-2-25/h9-10H,1-8,11H2;9-10,20H,1-8,11H2. The molecule has 6 aromatic heterocycles. The topological polar surface area (TPSA) is 222 Å². The van der Waals surface area contributed by atoms with Crippen molar-refractivity contribution in [2.24, 2.45) is 4.36 Å². The van der Waals surface area contributed by atoms with E-state index in [4.69, 9.17) is 46.3 Å². The molecule has 0 spiro atoms. The number of pyridine rings is 2. The summed E-state index contributed by atoms with van der Waals surface area (Å²) in [5, 5.41) is 1.71. The summed E-state index contributed by atoms with van der Waals surface area (Å²) >= 11 is 12.4. The highest BCUT2D eigenvalue weighted by atomic mass is 35.5. The van der Waals surface area contributed by atoms with E-state index in [1.54, 1.807) is 12.4 Å². The Balaban J connectivity index is 0.000000165. The van der Waals surface area contributed by atoms with Crippen LogP contribution in [0, 0.1) is 4.78 Å². The number of morpholine rings is 2. The third kappa shape index (κ3) is 9.83. The molecule has 4 aliphatic heterocycles. The minimum atomic E-state index is -5.12. The molecule has 4 aliphatic rings. The van der Waals surface area contributed by atoms with Crippen LogP contribution < -0.4 is 9.80 Å². The minimum absolute atomic E-state index is 0.0787. The van der Waals surface area contributed by atoms with Crippen molar-refractivity contribution in [3.63, 3.8) is 0 Å². The molecule has 0 saturated carbocycles. The van der Waals surface area contributed by atoms with Gasteiger partial charge in [-0.3, -0.25) is 19.4 Å². The maximum Gasteiger partial charge on any atom is 0.474 e. The van der Waals surface area contributed by atoms with Gasteiger partial charge in [-0.1, -0.05) is 0 Å². The molecule has 1 N–H and O–H groups in total. The Hall–Kier alpha value is -4.56. The molecule has 26 heteroatoms. The number of carbonyl (C=O) groups is 1. The molecule has 0 unspecified atom stereocenters. The van der Waals surface area contributed by atoms with Crippen molar-refractivity contribution in [3.8, 4) is 0 Å². The first kappa shape index (κ1) is 44.6. The molecule has 10 rings (SSSR count). The van der Waals surface area contributed by atoms with E-state index in [0.29, 0.717) is 141 Å². The summed E-state index contributed by atoms with van der Waals surface area (Å²) in [5.41, 5.74) is 4.95. The van der Waals surface area contributed by atoms with Gasteiger partial charge in [0.1, 0.15) is 11.0 Å². The fourth-order valence-corrected chi connectivity index (χ4v) is 11.4. The van der Waals surface area contributed by atoms with Crippen LogP contribution in [0.25, 0.3) is 44.4 Å². The van der Waals surface area contributed by atoms with Gasteiger partial charge < -0.3 is 28.1 Å². The molecule has 6 aromatic rings. The SMILES string of the molecule is N=S1(=O)CCN(Cc2cnc3oc4c(N5CCOCC5)nc(Cl)nc4c3c2)CC1.O=C(N=S1(=O)CCN(Cc2cnc3oc4c(N5CCOCC5)nc(Cl)nc4c3c2)CC1)C(F)(F)F. The van der Waals surface area contributed by atoms with Crippen LogP contribution >= 0.6 is 23.2 Å². The number of nitrogens with one attached hydrogen (secondary N) is 1. The molecule has 1 amide bonds. The molecule has 0 aliphatic carbocycles. The van der Waals surface area contributed by atoms with E-state index >= 15 is 0 Å². The molecule has 0 aromatic carbocycles. The highest BCUT2D eigenvalue weighted by Crippen LogP contribution is 2.36. The third-order valence-corrected chi connectivity index (χ3v) is 15.4. The zero-order valence-electron chi connectivity index (χ0n) is 34.0. The Morgan fingerprint density at radius 2 is 1.11 bits per heavy atom. The van der Waals surface area contributed by atoms with Crippen LogP contribution in [0.15, 0.2) is 37.7 Å². The molecule has 0 radical (unpaired) electrons. The minimum Gasteiger partial charge on any atom is -0.432 e. The van der Waals surface area contributed by atoms with E-state index in [9.17, 15) is 26.4 Å². The van der Waals surface area contributed by atoms with Gasteiger partial charge in [0.2, 0.25) is 22.0 Å². The number of furan rings is 2. The van der Waals surface area contributed by atoms with Crippen LogP contribution in [0.4, 0.5) is 24.8 Å². The van der Waals surface area contributed by atoms with E-state index in [0.717, 1.165) is 16.5 Å². The summed E-state index contributed by atoms with van der Waals surface area (Å²) in [5.74, 6) is -0.452. The van der Waals surface area contributed by atoms with Crippen LogP contribution in [-0.4, -0.2) is 162 Å². The zero-order valence-corrected chi connectivity index (χ0v) is 37.2. The van der Waals surface area contributed by atoms with Gasteiger partial charge in [0.05, 0.1) is 46.9 Å². The summed E-state index contributed by atoms with van der Waals surface area (Å²) in [6.45, 7) is 7.94. The number of ether oxygens (including phenoxy) is 2. The van der Waals surface area contributed by atoms with Crippen molar-refractivity contribution in [1.82, 2.24) is 39.7 Å². The molecule has 4 fully saturated rings. The number of amides is 1. The van der Waals surface area contributed by atoms with Crippen molar-refractivity contribution < 1.29 is 44.7 Å². The average molecular weight is 970 g/mol. The lowest BCUT2D eigenvalue weighted by Gasteiger charge is -2.28. The quantitative estimate of drug-likeness (QED) is 0.222. The second-order valence-corrected chi connectivity index (χ2v) is 21.3. The van der Waals surface area contributed by atoms with Crippen LogP contribution in [-0.2, 0) is 46.8 Å². The second-order valence-electron chi connectivity index (χ2n) is 15.6. The molecule has 4 saturated heterocycles. The Labute approximate surface area is 373 Å². The van der Waals surface area contributed by atoms with E-state index < -0.39 is 31.5 Å². The van der Waals surface area contributed by atoms with Crippen molar-refractivity contribution in [1.29, 1.82) is 4.78 Å². The first-order valence-corrected chi connectivity index (χ1v) is 24.8. The van der Waals surface area contributed by atoms with Crippen LogP contribution in [0.3, 0.4) is 0 Å². The average Bonchev–Trinajstić information content (AvgIpc) is 3.82. The number of nitrogens with zero attached hydrogens (tertiary/aromatic N) is 11. The Morgan fingerprint density at radius 1 is 0.688 bits per heavy atom. The molecule has 342 valence electrons. The van der Waals surface area contributed by atoms with Gasteiger partial charge in [0.25, 0.3) is 0 Å². The van der Waals surface area contributed by atoms with Crippen molar-refractivity contribution in [3.05, 3.63) is 46.2 Å². The first-order chi connectivity index (χ1) is 30.6. The second kappa shape index (κ2) is 18.0.